The molecule has 0 amide bonds. The highest BCUT2D eigenvalue weighted by atomic mass is 16.4. The van der Waals surface area contributed by atoms with Crippen molar-refractivity contribution in [1.82, 2.24) is 0 Å². The van der Waals surface area contributed by atoms with E-state index in [4.69, 9.17) is 5.11 Å². The monoisotopic (exact) mass is 218 g/mol. The summed E-state index contributed by atoms with van der Waals surface area (Å²) in [7, 11) is 0. The van der Waals surface area contributed by atoms with E-state index in [1.54, 1.807) is 24.3 Å². The van der Waals surface area contributed by atoms with Gasteiger partial charge in [0.15, 0.2) is 5.78 Å². The molecule has 0 fully saturated rings. The normalized spacial score (nSPS) is 10.6. The number of carboxylic acid groups (broad SMARTS) is 1. The van der Waals surface area contributed by atoms with E-state index in [-0.39, 0.29) is 5.78 Å². The predicted octanol–water partition coefficient (Wildman–Crippen LogP) is 2.77. The molecular formula is C13H14O3. The number of Topliss-reactive ketones (excluding diaryl/α,β-unsaturated/α-hetero) is 1. The first-order chi connectivity index (χ1) is 7.63. The molecule has 1 aromatic carbocycles. The van der Waals surface area contributed by atoms with Gasteiger partial charge in [-0.1, -0.05) is 31.2 Å². The molecule has 0 aromatic heterocycles. The van der Waals surface area contributed by atoms with E-state index < -0.39 is 5.97 Å². The summed E-state index contributed by atoms with van der Waals surface area (Å²) in [6, 6.07) is 6.92. The number of hydrogen-bond acceptors (Lipinski definition) is 2. The average Bonchev–Trinajstić information content (AvgIpc) is 2.27. The van der Waals surface area contributed by atoms with Gasteiger partial charge in [-0.2, -0.15) is 0 Å². The third-order valence-electron chi connectivity index (χ3n) is 2.13. The smallest absolute Gasteiger partial charge is 0.328 e. The molecule has 1 rings (SSSR count). The topological polar surface area (TPSA) is 54.4 Å². The number of benzene rings is 1. The third kappa shape index (κ3) is 3.69. The van der Waals surface area contributed by atoms with Crippen LogP contribution in [-0.4, -0.2) is 16.9 Å². The highest BCUT2D eigenvalue weighted by Gasteiger charge is 2.03. The van der Waals surface area contributed by atoms with E-state index >= 15 is 0 Å². The van der Waals surface area contributed by atoms with Gasteiger partial charge in [-0.05, 0) is 18.1 Å². The summed E-state index contributed by atoms with van der Waals surface area (Å²) in [5.74, 6) is -0.859. The van der Waals surface area contributed by atoms with Crippen molar-refractivity contribution in [3.8, 4) is 0 Å². The van der Waals surface area contributed by atoms with Crippen molar-refractivity contribution >= 4 is 17.8 Å². The molecule has 0 aliphatic carbocycles. The number of rotatable bonds is 5. The molecule has 16 heavy (non-hydrogen) atoms. The molecule has 0 radical (unpaired) electrons. The van der Waals surface area contributed by atoms with Crippen molar-refractivity contribution in [3.05, 3.63) is 41.5 Å². The summed E-state index contributed by atoms with van der Waals surface area (Å²) in [5, 5.41) is 8.45. The number of carbonyl (C=O) groups excluding carboxylic acids is 1. The highest BCUT2D eigenvalue weighted by Crippen LogP contribution is 2.09. The summed E-state index contributed by atoms with van der Waals surface area (Å²) in [6.07, 6.45) is 3.95. The second-order valence-electron chi connectivity index (χ2n) is 3.47. The summed E-state index contributed by atoms with van der Waals surface area (Å²) < 4.78 is 0. The Bertz CT molecular complexity index is 402. The minimum absolute atomic E-state index is 0.122. The number of aliphatic carboxylic acids is 1. The van der Waals surface area contributed by atoms with E-state index in [0.29, 0.717) is 12.0 Å². The Kier molecular flexibility index (Phi) is 4.45. The maximum atomic E-state index is 11.5. The van der Waals surface area contributed by atoms with Gasteiger partial charge in [-0.15, -0.1) is 0 Å². The molecule has 84 valence electrons. The van der Waals surface area contributed by atoms with Crippen LogP contribution in [0.3, 0.4) is 0 Å². The van der Waals surface area contributed by atoms with Crippen LogP contribution in [-0.2, 0) is 4.79 Å². The highest BCUT2D eigenvalue weighted by molar-refractivity contribution is 5.96. The second-order valence-corrected chi connectivity index (χ2v) is 3.47. The zero-order valence-corrected chi connectivity index (χ0v) is 9.14. The molecule has 0 bridgehead atoms. The zero-order chi connectivity index (χ0) is 12.0. The molecule has 0 saturated carbocycles. The van der Waals surface area contributed by atoms with E-state index in [9.17, 15) is 9.59 Å². The van der Waals surface area contributed by atoms with Crippen molar-refractivity contribution < 1.29 is 14.7 Å². The van der Waals surface area contributed by atoms with E-state index in [1.165, 1.54) is 6.08 Å². The Hall–Kier alpha value is -1.90. The number of carboxylic acids is 1. The predicted molar refractivity (Wildman–Crippen MR) is 62.4 cm³/mol. The van der Waals surface area contributed by atoms with Gasteiger partial charge in [0.1, 0.15) is 0 Å². The van der Waals surface area contributed by atoms with Crippen LogP contribution in [0.4, 0.5) is 0 Å². The van der Waals surface area contributed by atoms with Gasteiger partial charge in [0, 0.05) is 18.1 Å². The Morgan fingerprint density at radius 2 is 1.88 bits per heavy atom. The van der Waals surface area contributed by atoms with Crippen LogP contribution in [0.2, 0.25) is 0 Å². The van der Waals surface area contributed by atoms with Gasteiger partial charge < -0.3 is 5.11 Å². The van der Waals surface area contributed by atoms with Gasteiger partial charge in [0.05, 0.1) is 0 Å². The Labute approximate surface area is 94.4 Å². The number of ketones is 1. The van der Waals surface area contributed by atoms with Crippen LogP contribution < -0.4 is 0 Å². The molecular weight excluding hydrogens is 204 g/mol. The first kappa shape index (κ1) is 12.2. The van der Waals surface area contributed by atoms with E-state index in [1.807, 2.05) is 6.92 Å². The lowest BCUT2D eigenvalue weighted by molar-refractivity contribution is -0.131. The summed E-state index contributed by atoms with van der Waals surface area (Å²) in [6.45, 7) is 1.96. The van der Waals surface area contributed by atoms with Crippen LogP contribution in [0.25, 0.3) is 6.08 Å². The third-order valence-corrected chi connectivity index (χ3v) is 2.13. The first-order valence-electron chi connectivity index (χ1n) is 5.17. The van der Waals surface area contributed by atoms with Crippen molar-refractivity contribution in [2.45, 2.75) is 19.8 Å². The Balaban J connectivity index is 2.75. The van der Waals surface area contributed by atoms with Gasteiger partial charge in [0.2, 0.25) is 0 Å². The molecule has 0 unspecified atom stereocenters. The van der Waals surface area contributed by atoms with Crippen molar-refractivity contribution in [1.29, 1.82) is 0 Å². The molecule has 0 spiro atoms. The van der Waals surface area contributed by atoms with Crippen LogP contribution in [0.5, 0.6) is 0 Å². The maximum absolute atomic E-state index is 11.5. The van der Waals surface area contributed by atoms with Crippen LogP contribution in [0.1, 0.15) is 35.7 Å². The van der Waals surface area contributed by atoms with Crippen molar-refractivity contribution in [2.24, 2.45) is 0 Å². The largest absolute Gasteiger partial charge is 0.478 e. The van der Waals surface area contributed by atoms with Gasteiger partial charge in [-0.3, -0.25) is 4.79 Å². The lowest BCUT2D eigenvalue weighted by Gasteiger charge is -1.99. The fourth-order valence-corrected chi connectivity index (χ4v) is 1.32. The Morgan fingerprint density at radius 1 is 1.25 bits per heavy atom. The summed E-state index contributed by atoms with van der Waals surface area (Å²) in [4.78, 5) is 21.8. The average molecular weight is 218 g/mol. The zero-order valence-electron chi connectivity index (χ0n) is 9.14. The minimum Gasteiger partial charge on any atom is -0.478 e. The summed E-state index contributed by atoms with van der Waals surface area (Å²) >= 11 is 0. The quantitative estimate of drug-likeness (QED) is 0.610. The van der Waals surface area contributed by atoms with Gasteiger partial charge in [-0.25, -0.2) is 4.79 Å². The van der Waals surface area contributed by atoms with Gasteiger partial charge >= 0.3 is 5.97 Å². The molecule has 1 aromatic rings. The van der Waals surface area contributed by atoms with E-state index in [2.05, 4.69) is 0 Å². The summed E-state index contributed by atoms with van der Waals surface area (Å²) in [5.41, 5.74) is 1.45. The van der Waals surface area contributed by atoms with Crippen LogP contribution in [0, 0.1) is 0 Å². The maximum Gasteiger partial charge on any atom is 0.328 e. The SMILES string of the molecule is CCCC(=O)c1ccc(/C=C/C(=O)O)cc1. The van der Waals surface area contributed by atoms with Crippen LogP contribution in [0.15, 0.2) is 30.3 Å². The molecule has 0 aliphatic heterocycles. The molecule has 0 aliphatic rings. The van der Waals surface area contributed by atoms with Crippen molar-refractivity contribution in [3.63, 3.8) is 0 Å². The van der Waals surface area contributed by atoms with Crippen molar-refractivity contribution in [2.75, 3.05) is 0 Å². The molecule has 0 saturated heterocycles. The fourth-order valence-electron chi connectivity index (χ4n) is 1.32. The Morgan fingerprint density at radius 3 is 2.38 bits per heavy atom. The first-order valence-corrected chi connectivity index (χ1v) is 5.17. The number of carbonyl (C=O) groups is 2. The molecule has 0 heterocycles. The lowest BCUT2D eigenvalue weighted by atomic mass is 10.0. The molecule has 0 atom stereocenters. The molecule has 3 nitrogen and oxygen atoms in total. The second kappa shape index (κ2) is 5.85. The molecule has 1 N–H and O–H groups in total. The lowest BCUT2D eigenvalue weighted by Crippen LogP contribution is -1.97. The van der Waals surface area contributed by atoms with E-state index in [0.717, 1.165) is 18.1 Å². The van der Waals surface area contributed by atoms with Gasteiger partial charge in [0.25, 0.3) is 0 Å². The number of hydrogen-bond donors (Lipinski definition) is 1. The fraction of sp³-hybridized carbons (Fsp3) is 0.231. The minimum atomic E-state index is -0.980. The standard InChI is InChI=1S/C13H14O3/c1-2-3-12(14)11-7-4-10(5-8-11)6-9-13(15)16/h4-9H,2-3H2,1H3,(H,15,16)/b9-6+. The van der Waals surface area contributed by atoms with Crippen LogP contribution >= 0.6 is 0 Å². The molecule has 3 heteroatoms.